The van der Waals surface area contributed by atoms with Gasteiger partial charge in [-0.15, -0.1) is 0 Å². The Balaban J connectivity index is 1.70. The van der Waals surface area contributed by atoms with Crippen LogP contribution in [0.5, 0.6) is 0 Å². The van der Waals surface area contributed by atoms with Crippen LogP contribution in [-0.4, -0.2) is 20.1 Å². The second-order valence-corrected chi connectivity index (χ2v) is 8.79. The van der Waals surface area contributed by atoms with Gasteiger partial charge in [-0.25, -0.2) is 13.1 Å². The molecule has 1 atom stereocenters. The number of rotatable bonds is 6. The minimum atomic E-state index is -3.67. The molecule has 0 fully saturated rings. The Morgan fingerprint density at radius 1 is 1.04 bits per heavy atom. The number of hydrogen-bond donors (Lipinski definition) is 2. The molecule has 2 N–H and O–H groups in total. The minimum Gasteiger partial charge on any atom is -0.387 e. The van der Waals surface area contributed by atoms with Gasteiger partial charge in [-0.2, -0.15) is 11.3 Å². The summed E-state index contributed by atoms with van der Waals surface area (Å²) in [6.45, 7) is 3.53. The highest BCUT2D eigenvalue weighted by molar-refractivity contribution is 7.89. The van der Waals surface area contributed by atoms with Crippen LogP contribution in [0, 0.1) is 13.8 Å². The van der Waals surface area contributed by atoms with Crippen LogP contribution in [0.4, 0.5) is 0 Å². The van der Waals surface area contributed by atoms with Crippen molar-refractivity contribution in [2.75, 3.05) is 6.54 Å². The summed E-state index contributed by atoms with van der Waals surface area (Å²) in [4.78, 5) is 0.248. The quantitative estimate of drug-likeness (QED) is 0.671. The summed E-state index contributed by atoms with van der Waals surface area (Å²) in [7, 11) is -3.67. The van der Waals surface area contributed by atoms with E-state index in [2.05, 4.69) is 10.1 Å². The molecule has 0 aliphatic heterocycles. The zero-order chi connectivity index (χ0) is 18.7. The van der Waals surface area contributed by atoms with Gasteiger partial charge in [-0.1, -0.05) is 36.4 Å². The van der Waals surface area contributed by atoms with Crippen molar-refractivity contribution in [3.8, 4) is 11.1 Å². The average Bonchev–Trinajstić information content (AvgIpc) is 3.16. The van der Waals surface area contributed by atoms with Crippen molar-refractivity contribution in [2.24, 2.45) is 0 Å². The Bertz CT molecular complexity index is 978. The van der Waals surface area contributed by atoms with Crippen molar-refractivity contribution < 1.29 is 13.5 Å². The van der Waals surface area contributed by atoms with Gasteiger partial charge < -0.3 is 5.11 Å². The summed E-state index contributed by atoms with van der Waals surface area (Å²) >= 11 is 1.63. The molecule has 1 aromatic heterocycles. The van der Waals surface area contributed by atoms with Crippen molar-refractivity contribution in [1.82, 2.24) is 4.72 Å². The maximum atomic E-state index is 12.5. The number of nitrogens with one attached hydrogen (secondary N) is 1. The second-order valence-electron chi connectivity index (χ2n) is 6.27. The number of aliphatic hydroxyl groups excluding tert-OH is 1. The zero-order valence-electron chi connectivity index (χ0n) is 14.6. The van der Waals surface area contributed by atoms with Gasteiger partial charge in [-0.3, -0.25) is 0 Å². The Kier molecular flexibility index (Phi) is 5.58. The lowest BCUT2D eigenvalue weighted by atomic mass is 10.0. The molecule has 4 nitrogen and oxygen atoms in total. The first kappa shape index (κ1) is 18.8. The zero-order valence-corrected chi connectivity index (χ0v) is 16.3. The molecule has 0 aliphatic carbocycles. The van der Waals surface area contributed by atoms with E-state index in [1.807, 2.05) is 48.7 Å². The van der Waals surface area contributed by atoms with E-state index in [9.17, 15) is 13.5 Å². The van der Waals surface area contributed by atoms with Crippen LogP contribution >= 0.6 is 11.3 Å². The first-order chi connectivity index (χ1) is 12.4. The molecule has 0 bridgehead atoms. The molecule has 1 unspecified atom stereocenters. The average molecular weight is 388 g/mol. The van der Waals surface area contributed by atoms with E-state index in [0.717, 1.165) is 16.7 Å². The van der Waals surface area contributed by atoms with Gasteiger partial charge in [-0.05, 0) is 64.6 Å². The SMILES string of the molecule is Cc1ccc(C)c(S(=O)(=O)NCC(O)c2ccc(-c3ccsc3)cc2)c1. The minimum absolute atomic E-state index is 0.0759. The molecule has 0 saturated carbocycles. The fourth-order valence-corrected chi connectivity index (χ4v) is 4.74. The van der Waals surface area contributed by atoms with Crippen LogP contribution in [0.25, 0.3) is 11.1 Å². The van der Waals surface area contributed by atoms with Gasteiger partial charge in [0, 0.05) is 6.54 Å². The normalized spacial score (nSPS) is 12.9. The van der Waals surface area contributed by atoms with E-state index >= 15 is 0 Å². The first-order valence-corrected chi connectivity index (χ1v) is 10.7. The van der Waals surface area contributed by atoms with Gasteiger partial charge >= 0.3 is 0 Å². The highest BCUT2D eigenvalue weighted by Crippen LogP contribution is 2.24. The van der Waals surface area contributed by atoms with Crippen LogP contribution in [-0.2, 0) is 10.0 Å². The lowest BCUT2D eigenvalue weighted by Crippen LogP contribution is -2.29. The molecular formula is C20H21NO3S2. The van der Waals surface area contributed by atoms with Gasteiger partial charge in [0.1, 0.15) is 0 Å². The molecule has 1 heterocycles. The lowest BCUT2D eigenvalue weighted by molar-refractivity contribution is 0.182. The molecule has 6 heteroatoms. The standard InChI is InChI=1S/C20H21NO3S2/c1-14-3-4-15(2)20(11-14)26(23,24)21-12-19(22)17-7-5-16(6-8-17)18-9-10-25-13-18/h3-11,13,19,21-22H,12H2,1-2H3. The van der Waals surface area contributed by atoms with E-state index in [0.29, 0.717) is 11.1 Å². The van der Waals surface area contributed by atoms with Crippen molar-refractivity contribution in [3.05, 3.63) is 76.0 Å². The Morgan fingerprint density at radius 3 is 2.42 bits per heavy atom. The summed E-state index contributed by atoms with van der Waals surface area (Å²) in [6.07, 6.45) is -0.911. The first-order valence-electron chi connectivity index (χ1n) is 8.24. The van der Waals surface area contributed by atoms with Gasteiger partial charge in [0.2, 0.25) is 10.0 Å². The molecule has 2 aromatic carbocycles. The molecule has 3 rings (SSSR count). The van der Waals surface area contributed by atoms with E-state index in [-0.39, 0.29) is 11.4 Å². The number of aryl methyl sites for hydroxylation is 2. The number of sulfonamides is 1. The van der Waals surface area contributed by atoms with E-state index in [1.54, 1.807) is 30.4 Å². The number of aliphatic hydroxyl groups is 1. The monoisotopic (exact) mass is 387 g/mol. The highest BCUT2D eigenvalue weighted by atomic mass is 32.2. The van der Waals surface area contributed by atoms with Crippen LogP contribution in [0.1, 0.15) is 22.8 Å². The van der Waals surface area contributed by atoms with Crippen LogP contribution in [0.3, 0.4) is 0 Å². The van der Waals surface area contributed by atoms with Crippen molar-refractivity contribution in [1.29, 1.82) is 0 Å². The van der Waals surface area contributed by atoms with E-state index in [4.69, 9.17) is 0 Å². The Hall–Kier alpha value is -1.99. The molecule has 3 aromatic rings. The molecular weight excluding hydrogens is 366 g/mol. The van der Waals surface area contributed by atoms with Crippen LogP contribution < -0.4 is 4.72 Å². The molecule has 0 saturated heterocycles. The predicted molar refractivity (Wildman–Crippen MR) is 106 cm³/mol. The topological polar surface area (TPSA) is 66.4 Å². The predicted octanol–water partition coefficient (Wildman–Crippen LogP) is 4.04. The van der Waals surface area contributed by atoms with Crippen LogP contribution in [0.2, 0.25) is 0 Å². The van der Waals surface area contributed by atoms with E-state index in [1.165, 1.54) is 0 Å². The number of thiophene rings is 1. The third-order valence-electron chi connectivity index (χ3n) is 4.25. The largest absolute Gasteiger partial charge is 0.387 e. The summed E-state index contributed by atoms with van der Waals surface area (Å²) in [5.41, 5.74) is 4.43. The molecule has 0 radical (unpaired) electrons. The lowest BCUT2D eigenvalue weighted by Gasteiger charge is -2.14. The summed E-state index contributed by atoms with van der Waals surface area (Å²) < 4.78 is 27.6. The third-order valence-corrected chi connectivity index (χ3v) is 6.50. The summed E-state index contributed by atoms with van der Waals surface area (Å²) in [6, 6.07) is 14.8. The summed E-state index contributed by atoms with van der Waals surface area (Å²) in [5.74, 6) is 0. The number of benzene rings is 2. The summed E-state index contributed by atoms with van der Waals surface area (Å²) in [5, 5.41) is 14.4. The van der Waals surface area contributed by atoms with Crippen molar-refractivity contribution >= 4 is 21.4 Å². The maximum absolute atomic E-state index is 12.5. The van der Waals surface area contributed by atoms with Crippen molar-refractivity contribution in [2.45, 2.75) is 24.8 Å². The molecule has 136 valence electrons. The second kappa shape index (κ2) is 7.72. The Labute approximate surface area is 158 Å². The smallest absolute Gasteiger partial charge is 0.240 e. The van der Waals surface area contributed by atoms with Crippen LogP contribution in [0.15, 0.2) is 64.2 Å². The molecule has 0 amide bonds. The number of hydrogen-bond acceptors (Lipinski definition) is 4. The van der Waals surface area contributed by atoms with E-state index < -0.39 is 16.1 Å². The third kappa shape index (κ3) is 4.22. The van der Waals surface area contributed by atoms with Crippen molar-refractivity contribution in [3.63, 3.8) is 0 Å². The van der Waals surface area contributed by atoms with Gasteiger partial charge in [0.05, 0.1) is 11.0 Å². The molecule has 0 aliphatic rings. The fraction of sp³-hybridized carbons (Fsp3) is 0.200. The molecule has 26 heavy (non-hydrogen) atoms. The fourth-order valence-electron chi connectivity index (χ4n) is 2.71. The van der Waals surface area contributed by atoms with Gasteiger partial charge in [0.15, 0.2) is 0 Å². The molecule has 0 spiro atoms. The highest BCUT2D eigenvalue weighted by Gasteiger charge is 2.19. The maximum Gasteiger partial charge on any atom is 0.240 e. The Morgan fingerprint density at radius 2 is 1.77 bits per heavy atom. The van der Waals surface area contributed by atoms with Gasteiger partial charge in [0.25, 0.3) is 0 Å².